The van der Waals surface area contributed by atoms with Gasteiger partial charge in [-0.25, -0.2) is 4.98 Å². The van der Waals surface area contributed by atoms with Crippen LogP contribution in [0.5, 0.6) is 0 Å². The summed E-state index contributed by atoms with van der Waals surface area (Å²) in [6.45, 7) is 2.13. The standard InChI is InChI=1S/C18H18N2S/c1-13-6-5-8-16(10-13)21-12-15-11-14-7-3-4-9-17(14)20-18(15)19-2/h3-11H,12H2,1-2H3,(H,19,20). The number of nitrogens with zero attached hydrogens (tertiary/aromatic N) is 1. The van der Waals surface area contributed by atoms with Gasteiger partial charge in [-0.1, -0.05) is 35.9 Å². The van der Waals surface area contributed by atoms with Gasteiger partial charge in [0.05, 0.1) is 5.52 Å². The Labute approximate surface area is 129 Å². The largest absolute Gasteiger partial charge is 0.373 e. The number of thioether (sulfide) groups is 1. The normalized spacial score (nSPS) is 10.8. The van der Waals surface area contributed by atoms with E-state index in [0.29, 0.717) is 0 Å². The van der Waals surface area contributed by atoms with E-state index in [1.807, 2.05) is 30.9 Å². The number of benzene rings is 2. The summed E-state index contributed by atoms with van der Waals surface area (Å²) in [4.78, 5) is 6.00. The van der Waals surface area contributed by atoms with Gasteiger partial charge >= 0.3 is 0 Å². The molecule has 0 fully saturated rings. The fourth-order valence-corrected chi connectivity index (χ4v) is 3.34. The van der Waals surface area contributed by atoms with Gasteiger partial charge in [-0.2, -0.15) is 0 Å². The predicted molar refractivity (Wildman–Crippen MR) is 92.0 cm³/mol. The fourth-order valence-electron chi connectivity index (χ4n) is 2.35. The molecule has 2 aromatic carbocycles. The molecule has 0 amide bonds. The van der Waals surface area contributed by atoms with Crippen molar-refractivity contribution in [3.63, 3.8) is 0 Å². The van der Waals surface area contributed by atoms with Crippen LogP contribution in [0.4, 0.5) is 5.82 Å². The third-order valence-electron chi connectivity index (χ3n) is 3.42. The molecule has 1 aromatic heterocycles. The Kier molecular flexibility index (Phi) is 4.11. The highest BCUT2D eigenvalue weighted by Gasteiger charge is 2.06. The number of nitrogens with one attached hydrogen (secondary N) is 1. The molecule has 0 saturated heterocycles. The Morgan fingerprint density at radius 3 is 2.71 bits per heavy atom. The maximum atomic E-state index is 4.70. The average Bonchev–Trinajstić information content (AvgIpc) is 2.52. The van der Waals surface area contributed by atoms with Gasteiger partial charge in [0.2, 0.25) is 0 Å². The number of hydrogen-bond donors (Lipinski definition) is 1. The average molecular weight is 294 g/mol. The summed E-state index contributed by atoms with van der Waals surface area (Å²) in [5, 5.41) is 4.40. The molecule has 0 aliphatic heterocycles. The Morgan fingerprint density at radius 2 is 1.90 bits per heavy atom. The predicted octanol–water partition coefficient (Wildman–Crippen LogP) is 4.88. The first-order valence-corrected chi connectivity index (χ1v) is 8.01. The zero-order chi connectivity index (χ0) is 14.7. The Morgan fingerprint density at radius 1 is 1.05 bits per heavy atom. The zero-order valence-corrected chi connectivity index (χ0v) is 13.1. The van der Waals surface area contributed by atoms with Crippen LogP contribution in [0.1, 0.15) is 11.1 Å². The fraction of sp³-hybridized carbons (Fsp3) is 0.167. The van der Waals surface area contributed by atoms with Gasteiger partial charge in [0.25, 0.3) is 0 Å². The van der Waals surface area contributed by atoms with Crippen molar-refractivity contribution in [2.45, 2.75) is 17.6 Å². The number of para-hydroxylation sites is 1. The van der Waals surface area contributed by atoms with Crippen LogP contribution in [0.15, 0.2) is 59.5 Å². The summed E-state index contributed by atoms with van der Waals surface area (Å²) in [6.07, 6.45) is 0. The topological polar surface area (TPSA) is 24.9 Å². The van der Waals surface area contributed by atoms with Gasteiger partial charge in [-0.05, 0) is 31.2 Å². The monoisotopic (exact) mass is 294 g/mol. The second-order valence-electron chi connectivity index (χ2n) is 5.04. The van der Waals surface area contributed by atoms with Gasteiger partial charge in [0.15, 0.2) is 0 Å². The van der Waals surface area contributed by atoms with Crippen molar-refractivity contribution in [2.24, 2.45) is 0 Å². The van der Waals surface area contributed by atoms with Crippen LogP contribution in [0.3, 0.4) is 0 Å². The smallest absolute Gasteiger partial charge is 0.130 e. The number of pyridine rings is 1. The van der Waals surface area contributed by atoms with Gasteiger partial charge < -0.3 is 5.32 Å². The molecular formula is C18H18N2S. The number of fused-ring (bicyclic) bond motifs is 1. The Balaban J connectivity index is 1.88. The van der Waals surface area contributed by atoms with E-state index in [4.69, 9.17) is 4.98 Å². The van der Waals surface area contributed by atoms with Crippen LogP contribution in [0.25, 0.3) is 10.9 Å². The zero-order valence-electron chi connectivity index (χ0n) is 12.3. The van der Waals surface area contributed by atoms with Crippen LogP contribution >= 0.6 is 11.8 Å². The lowest BCUT2D eigenvalue weighted by molar-refractivity contribution is 1.26. The second kappa shape index (κ2) is 6.19. The molecule has 3 heteroatoms. The van der Waals surface area contributed by atoms with Gasteiger partial charge in [-0.3, -0.25) is 0 Å². The summed E-state index contributed by atoms with van der Waals surface area (Å²) in [5.74, 6) is 1.88. The first kappa shape index (κ1) is 14.0. The minimum atomic E-state index is 0.914. The van der Waals surface area contributed by atoms with E-state index in [0.717, 1.165) is 17.1 Å². The Bertz CT molecular complexity index is 768. The molecule has 1 heterocycles. The van der Waals surface area contributed by atoms with E-state index < -0.39 is 0 Å². The van der Waals surface area contributed by atoms with Crippen LogP contribution in [-0.4, -0.2) is 12.0 Å². The quantitative estimate of drug-likeness (QED) is 0.694. The molecule has 0 aliphatic rings. The Hall–Kier alpha value is -2.00. The first-order chi connectivity index (χ1) is 10.3. The molecule has 1 N–H and O–H groups in total. The third kappa shape index (κ3) is 3.19. The van der Waals surface area contributed by atoms with Gasteiger partial charge in [0.1, 0.15) is 5.82 Å². The van der Waals surface area contributed by atoms with Crippen LogP contribution < -0.4 is 5.32 Å². The molecule has 0 atom stereocenters. The van der Waals surface area contributed by atoms with Gasteiger partial charge in [-0.15, -0.1) is 11.8 Å². The van der Waals surface area contributed by atoms with Crippen LogP contribution in [-0.2, 0) is 5.75 Å². The van der Waals surface area contributed by atoms with Crippen molar-refractivity contribution in [1.82, 2.24) is 4.98 Å². The van der Waals surface area contributed by atoms with Crippen LogP contribution in [0.2, 0.25) is 0 Å². The summed E-state index contributed by atoms with van der Waals surface area (Å²) < 4.78 is 0. The number of aromatic nitrogens is 1. The lowest BCUT2D eigenvalue weighted by Crippen LogP contribution is -1.98. The molecule has 0 saturated carbocycles. The number of aryl methyl sites for hydroxylation is 1. The lowest BCUT2D eigenvalue weighted by Gasteiger charge is -2.10. The lowest BCUT2D eigenvalue weighted by atomic mass is 10.1. The third-order valence-corrected chi connectivity index (χ3v) is 4.47. The minimum Gasteiger partial charge on any atom is -0.373 e. The number of hydrogen-bond acceptors (Lipinski definition) is 3. The maximum absolute atomic E-state index is 4.70. The highest BCUT2D eigenvalue weighted by Crippen LogP contribution is 2.28. The van der Waals surface area contributed by atoms with E-state index in [-0.39, 0.29) is 0 Å². The van der Waals surface area contributed by atoms with E-state index in [1.54, 1.807) is 0 Å². The minimum absolute atomic E-state index is 0.914. The maximum Gasteiger partial charge on any atom is 0.130 e. The molecule has 0 unspecified atom stereocenters. The van der Waals surface area contributed by atoms with Crippen molar-refractivity contribution >= 4 is 28.5 Å². The van der Waals surface area contributed by atoms with Crippen molar-refractivity contribution in [3.05, 3.63) is 65.7 Å². The van der Waals surface area contributed by atoms with E-state index in [1.165, 1.54) is 21.4 Å². The molecule has 0 bridgehead atoms. The SMILES string of the molecule is CNc1nc2ccccc2cc1CSc1cccc(C)c1. The summed E-state index contributed by atoms with van der Waals surface area (Å²) in [5.41, 5.74) is 3.57. The molecular weight excluding hydrogens is 276 g/mol. The van der Waals surface area contributed by atoms with E-state index in [9.17, 15) is 0 Å². The molecule has 21 heavy (non-hydrogen) atoms. The molecule has 3 rings (SSSR count). The molecule has 2 nitrogen and oxygen atoms in total. The van der Waals surface area contributed by atoms with Crippen LogP contribution in [0, 0.1) is 6.92 Å². The molecule has 0 radical (unpaired) electrons. The van der Waals surface area contributed by atoms with Gasteiger partial charge in [0, 0.05) is 28.6 Å². The summed E-state index contributed by atoms with van der Waals surface area (Å²) in [6, 6.07) is 19.1. The van der Waals surface area contributed by atoms with E-state index in [2.05, 4.69) is 54.7 Å². The molecule has 3 aromatic rings. The van der Waals surface area contributed by atoms with E-state index >= 15 is 0 Å². The summed E-state index contributed by atoms with van der Waals surface area (Å²) >= 11 is 1.85. The molecule has 106 valence electrons. The molecule has 0 aliphatic carbocycles. The first-order valence-electron chi connectivity index (χ1n) is 7.02. The summed E-state index contributed by atoms with van der Waals surface area (Å²) in [7, 11) is 1.93. The van der Waals surface area contributed by atoms with Crippen molar-refractivity contribution < 1.29 is 0 Å². The highest BCUT2D eigenvalue weighted by atomic mass is 32.2. The van der Waals surface area contributed by atoms with Crippen molar-refractivity contribution in [2.75, 3.05) is 12.4 Å². The highest BCUT2D eigenvalue weighted by molar-refractivity contribution is 7.98. The van der Waals surface area contributed by atoms with Crippen molar-refractivity contribution in [1.29, 1.82) is 0 Å². The number of anilines is 1. The second-order valence-corrected chi connectivity index (χ2v) is 6.09. The molecule has 0 spiro atoms. The number of rotatable bonds is 4. The van der Waals surface area contributed by atoms with Crippen molar-refractivity contribution in [3.8, 4) is 0 Å².